The van der Waals surface area contributed by atoms with E-state index in [1.807, 2.05) is 26.0 Å². The smallest absolute Gasteiger partial charge is 0.0499 e. The molecule has 2 heteroatoms. The Morgan fingerprint density at radius 3 is 2.25 bits per heavy atom. The van der Waals surface area contributed by atoms with E-state index >= 15 is 0 Å². The molecule has 6 rings (SSSR count). The van der Waals surface area contributed by atoms with Gasteiger partial charge in [-0.1, -0.05) is 99.2 Å². The predicted octanol–water partition coefficient (Wildman–Crippen LogP) is 11.0. The molecule has 1 aliphatic rings. The standard InChI is InChI=1S/C36H32N2.C4H8.C2H2/c1-7-25(16-19-31-24(4)35-28-13-9-8-12-26(28)17-20-32(35)37-31)27-18-21-34-30(22-27)36(5,6)29-14-10-11-15-33(29)38(34)23(2)3;1-3-4-2;1-2/h1,8-18,20-22,37H,2,19H2,3-6H3;3-4H,1-2H3;1-2H/b25-16+;4-3-;. The summed E-state index contributed by atoms with van der Waals surface area (Å²) in [5, 5.41) is 3.84. The Bertz CT molecular complexity index is 1940. The van der Waals surface area contributed by atoms with E-state index < -0.39 is 0 Å². The van der Waals surface area contributed by atoms with E-state index in [0.29, 0.717) is 0 Å². The molecule has 2 nitrogen and oxygen atoms in total. The Kier molecular flexibility index (Phi) is 9.68. The summed E-state index contributed by atoms with van der Waals surface area (Å²) in [4.78, 5) is 5.91. The number of allylic oxidation sites excluding steroid dienone is 5. The van der Waals surface area contributed by atoms with Crippen LogP contribution < -0.4 is 4.90 Å². The Morgan fingerprint density at radius 1 is 0.909 bits per heavy atom. The van der Waals surface area contributed by atoms with Crippen LogP contribution in [0.1, 0.15) is 62.6 Å². The number of rotatable bonds is 4. The number of hydrogen-bond acceptors (Lipinski definition) is 1. The van der Waals surface area contributed by atoms with Crippen molar-refractivity contribution in [3.8, 4) is 25.2 Å². The minimum absolute atomic E-state index is 0.164. The van der Waals surface area contributed by atoms with Crippen molar-refractivity contribution in [1.82, 2.24) is 4.98 Å². The monoisotopic (exact) mass is 574 g/mol. The quantitative estimate of drug-likeness (QED) is 0.167. The second-order valence-corrected chi connectivity index (χ2v) is 11.5. The second kappa shape index (κ2) is 13.4. The van der Waals surface area contributed by atoms with Gasteiger partial charge in [-0.3, -0.25) is 0 Å². The first kappa shape index (κ1) is 31.7. The molecule has 0 aliphatic carbocycles. The van der Waals surface area contributed by atoms with Crippen molar-refractivity contribution < 1.29 is 0 Å². The fourth-order valence-electron chi connectivity index (χ4n) is 6.14. The number of nitrogens with zero attached hydrogens (tertiary/aromatic N) is 1. The molecule has 5 aromatic rings. The topological polar surface area (TPSA) is 19.0 Å². The number of aryl methyl sites for hydroxylation is 1. The molecule has 0 amide bonds. The molecule has 220 valence electrons. The fraction of sp³-hybridized carbons (Fsp3) is 0.190. The van der Waals surface area contributed by atoms with Crippen LogP contribution in [0.3, 0.4) is 0 Å². The summed E-state index contributed by atoms with van der Waals surface area (Å²) in [7, 11) is 0. The first-order valence-corrected chi connectivity index (χ1v) is 15.0. The summed E-state index contributed by atoms with van der Waals surface area (Å²) < 4.78 is 0. The number of nitrogens with one attached hydrogen (secondary N) is 1. The molecule has 0 saturated heterocycles. The first-order chi connectivity index (χ1) is 21.2. The molecule has 0 spiro atoms. The third kappa shape index (κ3) is 5.73. The molecule has 0 unspecified atom stereocenters. The maximum absolute atomic E-state index is 6.10. The summed E-state index contributed by atoms with van der Waals surface area (Å²) in [6.45, 7) is 17.1. The Balaban J connectivity index is 0.000000683. The highest BCUT2D eigenvalue weighted by Gasteiger charge is 2.36. The van der Waals surface area contributed by atoms with Crippen LogP contribution in [0, 0.1) is 32.1 Å². The molecule has 1 aromatic heterocycles. The Hall–Kier alpha value is -5.18. The lowest BCUT2D eigenvalue weighted by atomic mass is 9.73. The lowest BCUT2D eigenvalue weighted by Crippen LogP contribution is -2.32. The minimum Gasteiger partial charge on any atom is -0.358 e. The van der Waals surface area contributed by atoms with Gasteiger partial charge in [0.05, 0.1) is 0 Å². The van der Waals surface area contributed by atoms with Crippen molar-refractivity contribution in [2.75, 3.05) is 4.90 Å². The zero-order valence-corrected chi connectivity index (χ0v) is 26.8. The van der Waals surface area contributed by atoms with Crippen molar-refractivity contribution in [3.63, 3.8) is 0 Å². The molecular formula is C42H42N2. The second-order valence-electron chi connectivity index (χ2n) is 11.5. The fourth-order valence-corrected chi connectivity index (χ4v) is 6.14. The highest BCUT2D eigenvalue weighted by molar-refractivity contribution is 6.08. The van der Waals surface area contributed by atoms with Gasteiger partial charge >= 0.3 is 0 Å². The SMILES string of the molecule is C#C.C#C/C(=C\Cc1[nH]c2ccc3ccccc3c2c1C)c1ccc2c(c1)C(C)(C)c1ccccc1N2C(=C)C.C/C=C\C. The zero-order chi connectivity index (χ0) is 32.0. The van der Waals surface area contributed by atoms with Crippen LogP contribution in [0.25, 0.3) is 27.2 Å². The minimum atomic E-state index is -0.164. The number of fused-ring (bicyclic) bond motifs is 5. The van der Waals surface area contributed by atoms with Gasteiger partial charge in [0.2, 0.25) is 0 Å². The van der Waals surface area contributed by atoms with Gasteiger partial charge in [0.25, 0.3) is 0 Å². The van der Waals surface area contributed by atoms with Crippen molar-refractivity contribution >= 4 is 38.6 Å². The molecule has 0 radical (unpaired) electrons. The lowest BCUT2D eigenvalue weighted by molar-refractivity contribution is 0.629. The van der Waals surface area contributed by atoms with Gasteiger partial charge in [0, 0.05) is 51.1 Å². The van der Waals surface area contributed by atoms with E-state index in [4.69, 9.17) is 6.42 Å². The van der Waals surface area contributed by atoms with Crippen molar-refractivity contribution in [2.24, 2.45) is 0 Å². The number of terminal acetylenes is 2. The lowest BCUT2D eigenvalue weighted by Gasteiger charge is -2.42. The maximum Gasteiger partial charge on any atom is 0.0499 e. The summed E-state index contributed by atoms with van der Waals surface area (Å²) in [5.74, 6) is 2.97. The van der Waals surface area contributed by atoms with Crippen LogP contribution in [-0.2, 0) is 11.8 Å². The molecule has 0 atom stereocenters. The normalized spacial score (nSPS) is 13.2. The van der Waals surface area contributed by atoms with Crippen molar-refractivity contribution in [3.05, 3.63) is 137 Å². The largest absolute Gasteiger partial charge is 0.358 e. The van der Waals surface area contributed by atoms with Gasteiger partial charge in [-0.25, -0.2) is 0 Å². The van der Waals surface area contributed by atoms with E-state index in [2.05, 4.69) is 148 Å². The van der Waals surface area contributed by atoms with Gasteiger partial charge in [0.15, 0.2) is 0 Å². The summed E-state index contributed by atoms with van der Waals surface area (Å²) in [5.41, 5.74) is 11.4. The molecule has 0 fully saturated rings. The van der Waals surface area contributed by atoms with E-state index in [1.54, 1.807) is 0 Å². The van der Waals surface area contributed by atoms with Crippen LogP contribution in [0.15, 0.2) is 109 Å². The third-order valence-corrected chi connectivity index (χ3v) is 8.46. The summed E-state index contributed by atoms with van der Waals surface area (Å²) in [6.07, 6.45) is 21.0. The maximum atomic E-state index is 6.10. The first-order valence-electron chi connectivity index (χ1n) is 15.0. The van der Waals surface area contributed by atoms with Gasteiger partial charge in [-0.05, 0) is 85.0 Å². The van der Waals surface area contributed by atoms with Crippen LogP contribution in [-0.4, -0.2) is 4.98 Å². The third-order valence-electron chi connectivity index (χ3n) is 8.46. The van der Waals surface area contributed by atoms with E-state index in [9.17, 15) is 0 Å². The number of benzene rings is 4. The average Bonchev–Trinajstić information content (AvgIpc) is 3.38. The number of para-hydroxylation sites is 1. The molecule has 1 N–H and O–H groups in total. The molecule has 2 heterocycles. The van der Waals surface area contributed by atoms with Crippen LogP contribution >= 0.6 is 0 Å². The van der Waals surface area contributed by atoms with Gasteiger partial charge < -0.3 is 9.88 Å². The number of anilines is 2. The zero-order valence-electron chi connectivity index (χ0n) is 26.8. The van der Waals surface area contributed by atoms with E-state index in [0.717, 1.165) is 23.3 Å². The Labute approximate surface area is 263 Å². The molecule has 0 saturated carbocycles. The molecule has 44 heavy (non-hydrogen) atoms. The Morgan fingerprint density at radius 2 is 1.57 bits per heavy atom. The average molecular weight is 575 g/mol. The highest BCUT2D eigenvalue weighted by Crippen LogP contribution is 2.50. The summed E-state index contributed by atoms with van der Waals surface area (Å²) in [6, 6.07) is 28.2. The number of H-pyrrole nitrogens is 1. The van der Waals surface area contributed by atoms with Crippen LogP contribution in [0.5, 0.6) is 0 Å². The molecule has 0 bridgehead atoms. The van der Waals surface area contributed by atoms with Gasteiger partial charge in [-0.2, -0.15) is 0 Å². The van der Waals surface area contributed by atoms with E-state index in [1.165, 1.54) is 55.4 Å². The van der Waals surface area contributed by atoms with Gasteiger partial charge in [0.1, 0.15) is 0 Å². The van der Waals surface area contributed by atoms with Gasteiger partial charge in [-0.15, -0.1) is 19.3 Å². The van der Waals surface area contributed by atoms with Crippen molar-refractivity contribution in [1.29, 1.82) is 0 Å². The highest BCUT2D eigenvalue weighted by atomic mass is 15.2. The van der Waals surface area contributed by atoms with Crippen LogP contribution in [0.2, 0.25) is 0 Å². The number of aromatic nitrogens is 1. The number of hydrogen-bond donors (Lipinski definition) is 1. The number of aromatic amines is 1. The molecule has 1 aliphatic heterocycles. The summed E-state index contributed by atoms with van der Waals surface area (Å²) >= 11 is 0. The predicted molar refractivity (Wildman–Crippen MR) is 193 cm³/mol. The van der Waals surface area contributed by atoms with Crippen LogP contribution in [0.4, 0.5) is 11.4 Å². The molecule has 4 aromatic carbocycles. The van der Waals surface area contributed by atoms with E-state index in [-0.39, 0.29) is 5.41 Å². The van der Waals surface area contributed by atoms with Crippen molar-refractivity contribution in [2.45, 2.75) is 53.4 Å². The molecular weight excluding hydrogens is 532 g/mol.